The molecule has 1 aliphatic heterocycles. The molecule has 0 N–H and O–H groups in total. The Morgan fingerprint density at radius 3 is 2.64 bits per heavy atom. The van der Waals surface area contributed by atoms with Crippen LogP contribution in [0, 0.1) is 17.8 Å². The van der Waals surface area contributed by atoms with Crippen molar-refractivity contribution in [3.8, 4) is 11.8 Å². The van der Waals surface area contributed by atoms with E-state index in [9.17, 15) is 4.79 Å². The number of rotatable bonds is 2. The van der Waals surface area contributed by atoms with Crippen LogP contribution < -0.4 is 0 Å². The van der Waals surface area contributed by atoms with Crippen molar-refractivity contribution in [2.24, 2.45) is 5.92 Å². The average Bonchev–Trinajstić information content (AvgIpc) is 2.19. The fourth-order valence-electron chi connectivity index (χ4n) is 1.14. The minimum atomic E-state index is 0.0205. The monoisotopic (exact) mass is 195 g/mol. The van der Waals surface area contributed by atoms with E-state index in [0.717, 1.165) is 26.3 Å². The molecule has 3 nitrogen and oxygen atoms in total. The lowest BCUT2D eigenvalue weighted by Crippen LogP contribution is -2.36. The van der Waals surface area contributed by atoms with Gasteiger partial charge >= 0.3 is 0 Å². The number of nitrogens with zero attached hydrogens (tertiary/aromatic N) is 1. The Hall–Kier alpha value is -0.850. The normalized spacial score (nSPS) is 17.6. The Morgan fingerprint density at radius 1 is 1.43 bits per heavy atom. The third-order valence-corrected chi connectivity index (χ3v) is 2.14. The van der Waals surface area contributed by atoms with Crippen LogP contribution in [0.2, 0.25) is 0 Å². The second-order valence-electron chi connectivity index (χ2n) is 3.71. The van der Waals surface area contributed by atoms with Crippen LogP contribution in [0.5, 0.6) is 0 Å². The SMILES string of the molecule is CC(C)C(=O)C#CCN1CCOCC1. The van der Waals surface area contributed by atoms with Gasteiger partial charge < -0.3 is 4.74 Å². The molecule has 0 spiro atoms. The first-order valence-electron chi connectivity index (χ1n) is 5.03. The quantitative estimate of drug-likeness (QED) is 0.476. The highest BCUT2D eigenvalue weighted by molar-refractivity contribution is 5.96. The number of hydrogen-bond donors (Lipinski definition) is 0. The van der Waals surface area contributed by atoms with E-state index in [0.29, 0.717) is 6.54 Å². The first kappa shape index (κ1) is 11.2. The number of ether oxygens (including phenoxy) is 1. The minimum Gasteiger partial charge on any atom is -0.379 e. The average molecular weight is 195 g/mol. The first-order valence-corrected chi connectivity index (χ1v) is 5.03. The van der Waals surface area contributed by atoms with Crippen molar-refractivity contribution >= 4 is 5.78 Å². The third-order valence-electron chi connectivity index (χ3n) is 2.14. The summed E-state index contributed by atoms with van der Waals surface area (Å²) in [6.07, 6.45) is 0. The molecule has 1 heterocycles. The maximum Gasteiger partial charge on any atom is 0.208 e. The number of ketones is 1. The highest BCUT2D eigenvalue weighted by atomic mass is 16.5. The molecule has 1 rings (SSSR count). The highest BCUT2D eigenvalue weighted by Gasteiger charge is 2.08. The lowest BCUT2D eigenvalue weighted by molar-refractivity contribution is -0.116. The molecule has 1 saturated heterocycles. The zero-order valence-electron chi connectivity index (χ0n) is 8.88. The molecular weight excluding hydrogens is 178 g/mol. The molecule has 3 heteroatoms. The van der Waals surface area contributed by atoms with Crippen molar-refractivity contribution in [2.75, 3.05) is 32.8 Å². The van der Waals surface area contributed by atoms with Gasteiger partial charge in [0.2, 0.25) is 5.78 Å². The van der Waals surface area contributed by atoms with Crippen LogP contribution in [0.3, 0.4) is 0 Å². The molecule has 0 aliphatic carbocycles. The summed E-state index contributed by atoms with van der Waals surface area (Å²) >= 11 is 0. The Morgan fingerprint density at radius 2 is 2.07 bits per heavy atom. The smallest absolute Gasteiger partial charge is 0.208 e. The summed E-state index contributed by atoms with van der Waals surface area (Å²) < 4.78 is 5.21. The van der Waals surface area contributed by atoms with E-state index in [1.165, 1.54) is 0 Å². The van der Waals surface area contributed by atoms with E-state index in [2.05, 4.69) is 16.7 Å². The van der Waals surface area contributed by atoms with Gasteiger partial charge in [-0.1, -0.05) is 19.8 Å². The number of carbonyl (C=O) groups is 1. The van der Waals surface area contributed by atoms with Crippen LogP contribution in [-0.4, -0.2) is 43.5 Å². The Labute approximate surface area is 85.4 Å². The van der Waals surface area contributed by atoms with Crippen LogP contribution in [0.25, 0.3) is 0 Å². The number of hydrogen-bond acceptors (Lipinski definition) is 3. The van der Waals surface area contributed by atoms with Gasteiger partial charge in [-0.3, -0.25) is 9.69 Å². The molecule has 14 heavy (non-hydrogen) atoms. The van der Waals surface area contributed by atoms with Gasteiger partial charge in [0.1, 0.15) is 0 Å². The second kappa shape index (κ2) is 5.79. The largest absolute Gasteiger partial charge is 0.379 e. The summed E-state index contributed by atoms with van der Waals surface area (Å²) in [5.41, 5.74) is 0. The topological polar surface area (TPSA) is 29.5 Å². The minimum absolute atomic E-state index is 0.0205. The van der Waals surface area contributed by atoms with Crippen molar-refractivity contribution in [3.05, 3.63) is 0 Å². The fraction of sp³-hybridized carbons (Fsp3) is 0.727. The maximum absolute atomic E-state index is 11.2. The zero-order chi connectivity index (χ0) is 10.4. The van der Waals surface area contributed by atoms with Gasteiger partial charge in [0.25, 0.3) is 0 Å². The molecule has 1 aliphatic rings. The van der Waals surface area contributed by atoms with E-state index in [-0.39, 0.29) is 11.7 Å². The third kappa shape index (κ3) is 3.91. The predicted molar refractivity (Wildman–Crippen MR) is 54.9 cm³/mol. The second-order valence-corrected chi connectivity index (χ2v) is 3.71. The van der Waals surface area contributed by atoms with Gasteiger partial charge in [-0.2, -0.15) is 0 Å². The van der Waals surface area contributed by atoms with E-state index >= 15 is 0 Å². The van der Waals surface area contributed by atoms with Gasteiger partial charge in [-0.15, -0.1) is 0 Å². The molecule has 0 saturated carbocycles. The van der Waals surface area contributed by atoms with Gasteiger partial charge in [0, 0.05) is 19.0 Å². The van der Waals surface area contributed by atoms with Gasteiger partial charge in [0.05, 0.1) is 19.8 Å². The lowest BCUT2D eigenvalue weighted by atomic mass is 10.1. The molecular formula is C11H17NO2. The Bertz CT molecular complexity index is 244. The van der Waals surface area contributed by atoms with Crippen molar-refractivity contribution in [2.45, 2.75) is 13.8 Å². The van der Waals surface area contributed by atoms with Crippen molar-refractivity contribution in [1.29, 1.82) is 0 Å². The standard InChI is InChI=1S/C11H17NO2/c1-10(2)11(13)4-3-5-12-6-8-14-9-7-12/h10H,5-9H2,1-2H3. The molecule has 0 unspecified atom stereocenters. The lowest BCUT2D eigenvalue weighted by Gasteiger charge is -2.24. The summed E-state index contributed by atoms with van der Waals surface area (Å²) in [5, 5.41) is 0. The molecule has 0 radical (unpaired) electrons. The molecule has 0 amide bonds. The van der Waals surface area contributed by atoms with E-state index in [1.807, 2.05) is 13.8 Å². The van der Waals surface area contributed by atoms with Gasteiger partial charge in [-0.25, -0.2) is 0 Å². The zero-order valence-corrected chi connectivity index (χ0v) is 8.88. The molecule has 0 aromatic rings. The van der Waals surface area contributed by atoms with Crippen LogP contribution in [0.4, 0.5) is 0 Å². The number of morpholine rings is 1. The summed E-state index contributed by atoms with van der Waals surface area (Å²) in [6, 6.07) is 0. The molecule has 0 aromatic carbocycles. The first-order chi connectivity index (χ1) is 6.70. The van der Waals surface area contributed by atoms with Crippen molar-refractivity contribution in [3.63, 3.8) is 0 Å². The number of carbonyl (C=O) groups excluding carboxylic acids is 1. The Balaban J connectivity index is 2.27. The van der Waals surface area contributed by atoms with Crippen molar-refractivity contribution in [1.82, 2.24) is 4.90 Å². The highest BCUT2D eigenvalue weighted by Crippen LogP contribution is 1.95. The fourth-order valence-corrected chi connectivity index (χ4v) is 1.14. The predicted octanol–water partition coefficient (Wildman–Crippen LogP) is 0.547. The van der Waals surface area contributed by atoms with Crippen LogP contribution >= 0.6 is 0 Å². The molecule has 0 aromatic heterocycles. The maximum atomic E-state index is 11.2. The summed E-state index contributed by atoms with van der Waals surface area (Å²) in [4.78, 5) is 13.4. The van der Waals surface area contributed by atoms with Crippen LogP contribution in [0.1, 0.15) is 13.8 Å². The molecule has 1 fully saturated rings. The Kier molecular flexibility index (Phi) is 4.64. The number of Topliss-reactive ketones (excluding diaryl/α,β-unsaturated/α-hetero) is 1. The molecule has 0 bridgehead atoms. The van der Waals surface area contributed by atoms with Crippen molar-refractivity contribution < 1.29 is 9.53 Å². The summed E-state index contributed by atoms with van der Waals surface area (Å²) in [6.45, 7) is 7.81. The van der Waals surface area contributed by atoms with E-state index < -0.39 is 0 Å². The van der Waals surface area contributed by atoms with Crippen LogP contribution in [0.15, 0.2) is 0 Å². The molecule has 0 atom stereocenters. The molecule has 78 valence electrons. The van der Waals surface area contributed by atoms with E-state index in [4.69, 9.17) is 4.74 Å². The van der Waals surface area contributed by atoms with Gasteiger partial charge in [0.15, 0.2) is 0 Å². The summed E-state index contributed by atoms with van der Waals surface area (Å²) in [5.74, 6) is 5.61. The van der Waals surface area contributed by atoms with E-state index in [1.54, 1.807) is 0 Å². The van der Waals surface area contributed by atoms with Gasteiger partial charge in [-0.05, 0) is 5.92 Å². The summed E-state index contributed by atoms with van der Waals surface area (Å²) in [7, 11) is 0. The van der Waals surface area contributed by atoms with Crippen LogP contribution in [-0.2, 0) is 9.53 Å².